The molecule has 0 amide bonds. The Morgan fingerprint density at radius 3 is 3.06 bits per heavy atom. The molecule has 0 saturated carbocycles. The molecule has 0 aliphatic carbocycles. The van der Waals surface area contributed by atoms with E-state index in [-0.39, 0.29) is 0 Å². The lowest BCUT2D eigenvalue weighted by molar-refractivity contribution is 0.823. The van der Waals surface area contributed by atoms with Crippen LogP contribution in [0.1, 0.15) is 0 Å². The maximum atomic E-state index is 4.12. The highest BCUT2D eigenvalue weighted by Crippen LogP contribution is 2.23. The van der Waals surface area contributed by atoms with Crippen LogP contribution < -0.4 is 0 Å². The minimum atomic E-state index is 0.703. The fraction of sp³-hybridized carbons (Fsp3) is 0. The third-order valence-electron chi connectivity index (χ3n) is 2.83. The van der Waals surface area contributed by atoms with Gasteiger partial charge in [-0.05, 0) is 40.3 Å². The quantitative estimate of drug-likeness (QED) is 0.490. The maximum absolute atomic E-state index is 4.12. The summed E-state index contributed by atoms with van der Waals surface area (Å²) in [7, 11) is 0. The molecule has 0 atom stereocenters. The predicted molar refractivity (Wildman–Crippen MR) is 62.8 cm³/mol. The molecule has 0 saturated heterocycles. The molecule has 0 aliphatic rings. The summed E-state index contributed by atoms with van der Waals surface area (Å²) in [6, 6.07) is 7.83. The average Bonchev–Trinajstić information content (AvgIpc) is 3.05. The molecular weight excluding hydrogens is 230 g/mol. The van der Waals surface area contributed by atoms with Crippen LogP contribution in [0.4, 0.5) is 0 Å². The molecule has 0 fully saturated rings. The van der Waals surface area contributed by atoms with Crippen molar-refractivity contribution in [1.82, 2.24) is 34.6 Å². The molecular formula is C11H7N7. The zero-order valence-corrected chi connectivity index (χ0v) is 9.17. The van der Waals surface area contributed by atoms with Crippen LogP contribution in [0.5, 0.6) is 0 Å². The summed E-state index contributed by atoms with van der Waals surface area (Å²) in [5.74, 6) is 0. The molecule has 0 unspecified atom stereocenters. The maximum Gasteiger partial charge on any atom is 0.179 e. The van der Waals surface area contributed by atoms with Gasteiger partial charge >= 0.3 is 0 Å². The van der Waals surface area contributed by atoms with Crippen LogP contribution in [0.25, 0.3) is 22.4 Å². The highest BCUT2D eigenvalue weighted by atomic mass is 15.5. The van der Waals surface area contributed by atoms with Crippen LogP contribution in [-0.4, -0.2) is 34.6 Å². The second-order valence-electron chi connectivity index (χ2n) is 3.88. The molecule has 4 aromatic rings. The molecule has 0 radical (unpaired) electrons. The van der Waals surface area contributed by atoms with E-state index in [2.05, 4.69) is 25.7 Å². The van der Waals surface area contributed by atoms with E-state index in [9.17, 15) is 0 Å². The van der Waals surface area contributed by atoms with E-state index in [1.165, 1.54) is 0 Å². The Morgan fingerprint density at radius 1 is 1.06 bits per heavy atom. The Labute approximate surface area is 101 Å². The topological polar surface area (TPSA) is 73.3 Å². The van der Waals surface area contributed by atoms with Crippen LogP contribution in [0.15, 0.2) is 43.0 Å². The van der Waals surface area contributed by atoms with Gasteiger partial charge in [0.05, 0.1) is 0 Å². The van der Waals surface area contributed by atoms with Crippen molar-refractivity contribution >= 4 is 11.3 Å². The van der Waals surface area contributed by atoms with Gasteiger partial charge in [-0.2, -0.15) is 0 Å². The van der Waals surface area contributed by atoms with Crippen LogP contribution in [0, 0.1) is 0 Å². The summed E-state index contributed by atoms with van der Waals surface area (Å²) in [4.78, 5) is 0. The van der Waals surface area contributed by atoms with Gasteiger partial charge in [-0.1, -0.05) is 0 Å². The molecule has 18 heavy (non-hydrogen) atoms. The van der Waals surface area contributed by atoms with Gasteiger partial charge in [0.1, 0.15) is 6.33 Å². The number of pyridine rings is 2. The molecule has 0 bridgehead atoms. The first kappa shape index (κ1) is 9.23. The van der Waals surface area contributed by atoms with Crippen molar-refractivity contribution in [2.24, 2.45) is 0 Å². The summed E-state index contributed by atoms with van der Waals surface area (Å²) in [5, 5.41) is 19.4. The molecule has 7 heteroatoms. The lowest BCUT2D eigenvalue weighted by atomic mass is 10.1. The standard InChI is InChI=1S/C11H7N7/c1-2-9(11-14-12-7-17(11)4-1)8-3-5-18-10(6-8)13-15-16-18/h1-7H. The average molecular weight is 237 g/mol. The van der Waals surface area contributed by atoms with Gasteiger partial charge < -0.3 is 0 Å². The molecule has 4 rings (SSSR count). The number of nitrogens with zero attached hydrogens (tertiary/aromatic N) is 7. The number of hydrogen-bond donors (Lipinski definition) is 0. The molecule has 86 valence electrons. The smallest absolute Gasteiger partial charge is 0.179 e. The first-order chi connectivity index (χ1) is 8.92. The van der Waals surface area contributed by atoms with Crippen molar-refractivity contribution in [3.05, 3.63) is 43.0 Å². The van der Waals surface area contributed by atoms with E-state index in [1.54, 1.807) is 10.8 Å². The lowest BCUT2D eigenvalue weighted by Gasteiger charge is -2.02. The third-order valence-corrected chi connectivity index (χ3v) is 2.83. The Morgan fingerprint density at radius 2 is 2.06 bits per heavy atom. The van der Waals surface area contributed by atoms with Crippen LogP contribution in [0.2, 0.25) is 0 Å². The number of fused-ring (bicyclic) bond motifs is 2. The number of aromatic nitrogens is 7. The molecule has 0 N–H and O–H groups in total. The minimum absolute atomic E-state index is 0.703. The molecule has 4 heterocycles. The molecule has 0 spiro atoms. The Balaban J connectivity index is 2.03. The second-order valence-corrected chi connectivity index (χ2v) is 3.88. The first-order valence-electron chi connectivity index (χ1n) is 5.38. The summed E-state index contributed by atoms with van der Waals surface area (Å²) in [6.45, 7) is 0. The van der Waals surface area contributed by atoms with Crippen LogP contribution in [0.3, 0.4) is 0 Å². The fourth-order valence-electron chi connectivity index (χ4n) is 1.98. The number of hydrogen-bond acceptors (Lipinski definition) is 5. The van der Waals surface area contributed by atoms with Gasteiger partial charge in [0.2, 0.25) is 0 Å². The second kappa shape index (κ2) is 3.33. The van der Waals surface area contributed by atoms with Gasteiger partial charge in [0.15, 0.2) is 11.3 Å². The van der Waals surface area contributed by atoms with Crippen molar-refractivity contribution in [2.45, 2.75) is 0 Å². The minimum Gasteiger partial charge on any atom is -0.289 e. The van der Waals surface area contributed by atoms with E-state index in [1.807, 2.05) is 41.1 Å². The van der Waals surface area contributed by atoms with Crippen molar-refractivity contribution < 1.29 is 0 Å². The van der Waals surface area contributed by atoms with E-state index >= 15 is 0 Å². The summed E-state index contributed by atoms with van der Waals surface area (Å²) >= 11 is 0. The Bertz CT molecular complexity index is 844. The van der Waals surface area contributed by atoms with E-state index in [0.717, 1.165) is 16.8 Å². The van der Waals surface area contributed by atoms with Gasteiger partial charge in [0, 0.05) is 18.0 Å². The SMILES string of the molecule is c1cc(-c2ccn3nnnc3c2)c2nncn2c1. The van der Waals surface area contributed by atoms with Gasteiger partial charge in [-0.25, -0.2) is 4.52 Å². The van der Waals surface area contributed by atoms with Gasteiger partial charge in [-0.3, -0.25) is 4.40 Å². The lowest BCUT2D eigenvalue weighted by Crippen LogP contribution is -1.90. The Kier molecular flexibility index (Phi) is 1.71. The van der Waals surface area contributed by atoms with Crippen molar-refractivity contribution in [2.75, 3.05) is 0 Å². The normalized spacial score (nSPS) is 11.3. The van der Waals surface area contributed by atoms with Crippen LogP contribution in [-0.2, 0) is 0 Å². The predicted octanol–water partition coefficient (Wildman–Crippen LogP) is 0.834. The van der Waals surface area contributed by atoms with E-state index in [4.69, 9.17) is 0 Å². The molecule has 0 aliphatic heterocycles. The molecule has 4 aromatic heterocycles. The largest absolute Gasteiger partial charge is 0.289 e. The zero-order valence-electron chi connectivity index (χ0n) is 9.17. The van der Waals surface area contributed by atoms with E-state index < -0.39 is 0 Å². The summed E-state index contributed by atoms with van der Waals surface area (Å²) in [5.41, 5.74) is 3.53. The van der Waals surface area contributed by atoms with Crippen LogP contribution >= 0.6 is 0 Å². The highest BCUT2D eigenvalue weighted by Gasteiger charge is 2.07. The van der Waals surface area contributed by atoms with E-state index in [0.29, 0.717) is 5.65 Å². The zero-order chi connectivity index (χ0) is 11.9. The monoisotopic (exact) mass is 237 g/mol. The van der Waals surface area contributed by atoms with Crippen molar-refractivity contribution in [3.63, 3.8) is 0 Å². The van der Waals surface area contributed by atoms with Crippen molar-refractivity contribution in [3.8, 4) is 11.1 Å². The summed E-state index contributed by atoms with van der Waals surface area (Å²) in [6.07, 6.45) is 5.41. The fourth-order valence-corrected chi connectivity index (χ4v) is 1.98. The third kappa shape index (κ3) is 1.21. The first-order valence-corrected chi connectivity index (χ1v) is 5.38. The van der Waals surface area contributed by atoms with Gasteiger partial charge in [0.25, 0.3) is 0 Å². The van der Waals surface area contributed by atoms with Crippen molar-refractivity contribution in [1.29, 1.82) is 0 Å². The number of rotatable bonds is 1. The Hall–Kier alpha value is -2.83. The molecule has 7 nitrogen and oxygen atoms in total. The number of tetrazole rings is 1. The van der Waals surface area contributed by atoms with Gasteiger partial charge in [-0.15, -0.1) is 15.3 Å². The highest BCUT2D eigenvalue weighted by molar-refractivity contribution is 5.78. The summed E-state index contributed by atoms with van der Waals surface area (Å²) < 4.78 is 3.50. The molecule has 0 aromatic carbocycles.